The lowest BCUT2D eigenvalue weighted by Crippen LogP contribution is -2.29. The van der Waals surface area contributed by atoms with Gasteiger partial charge < -0.3 is 5.32 Å². The molecule has 3 aromatic rings. The van der Waals surface area contributed by atoms with Crippen molar-refractivity contribution in [1.82, 2.24) is 4.90 Å². The number of rotatable bonds is 5. The molecule has 1 heterocycles. The number of nitrogens with zero attached hydrogens (tertiary/aromatic N) is 1. The average molecular weight is 394 g/mol. The highest BCUT2D eigenvalue weighted by Crippen LogP contribution is 2.22. The highest BCUT2D eigenvalue weighted by Gasteiger charge is 2.15. The summed E-state index contributed by atoms with van der Waals surface area (Å²) in [7, 11) is -4.16. The molecule has 0 saturated heterocycles. The third-order valence-corrected chi connectivity index (χ3v) is 5.88. The summed E-state index contributed by atoms with van der Waals surface area (Å²) in [5.41, 5.74) is 5.81. The fraction of sp³-hybridized carbons (Fsp3) is 0.182. The molecule has 0 bridgehead atoms. The number of nitrogens with one attached hydrogen (secondary N) is 1. The highest BCUT2D eigenvalue weighted by atomic mass is 32.2. The molecule has 0 atom stereocenters. The Kier molecular flexibility index (Phi) is 5.17. The van der Waals surface area contributed by atoms with Crippen molar-refractivity contribution in [1.29, 1.82) is 0 Å². The summed E-state index contributed by atoms with van der Waals surface area (Å²) in [4.78, 5) is 2.34. The van der Waals surface area contributed by atoms with Gasteiger partial charge in [0.05, 0.1) is 4.90 Å². The molecule has 3 aromatic carbocycles. The predicted molar refractivity (Wildman–Crippen MR) is 110 cm³/mol. The molecule has 0 amide bonds. The van der Waals surface area contributed by atoms with E-state index in [1.54, 1.807) is 12.1 Å². The molecule has 0 aliphatic carbocycles. The molecule has 0 aromatic heterocycles. The van der Waals surface area contributed by atoms with Crippen LogP contribution in [0.4, 0.5) is 11.4 Å². The molecule has 1 aliphatic heterocycles. The maximum atomic E-state index is 11.1. The first-order valence-electron chi connectivity index (χ1n) is 9.20. The third kappa shape index (κ3) is 4.42. The quantitative estimate of drug-likeness (QED) is 0.634. The van der Waals surface area contributed by atoms with Crippen molar-refractivity contribution in [3.05, 3.63) is 89.5 Å². The molecular weight excluding hydrogens is 372 g/mol. The second-order valence-corrected chi connectivity index (χ2v) is 8.47. The van der Waals surface area contributed by atoms with E-state index in [1.165, 1.54) is 28.8 Å². The van der Waals surface area contributed by atoms with Crippen molar-refractivity contribution in [2.24, 2.45) is 0 Å². The van der Waals surface area contributed by atoms with Crippen LogP contribution >= 0.6 is 0 Å². The van der Waals surface area contributed by atoms with Crippen LogP contribution in [0.15, 0.2) is 77.7 Å². The van der Waals surface area contributed by atoms with Gasteiger partial charge in [-0.1, -0.05) is 36.4 Å². The lowest BCUT2D eigenvalue weighted by molar-refractivity contribution is 0.245. The van der Waals surface area contributed by atoms with Gasteiger partial charge in [-0.05, 0) is 59.5 Å². The van der Waals surface area contributed by atoms with E-state index in [-0.39, 0.29) is 4.90 Å². The van der Waals surface area contributed by atoms with Crippen molar-refractivity contribution in [3.8, 4) is 0 Å². The van der Waals surface area contributed by atoms with Gasteiger partial charge in [-0.2, -0.15) is 8.42 Å². The second kappa shape index (κ2) is 7.75. The van der Waals surface area contributed by atoms with Gasteiger partial charge in [-0.25, -0.2) is 0 Å². The van der Waals surface area contributed by atoms with Crippen molar-refractivity contribution in [2.75, 3.05) is 11.9 Å². The molecule has 4 rings (SSSR count). The van der Waals surface area contributed by atoms with Gasteiger partial charge in [0.2, 0.25) is 0 Å². The van der Waals surface area contributed by atoms with E-state index in [1.807, 2.05) is 12.1 Å². The largest absolute Gasteiger partial charge is 0.356 e. The van der Waals surface area contributed by atoms with Crippen LogP contribution in [0.5, 0.6) is 0 Å². The van der Waals surface area contributed by atoms with Crippen molar-refractivity contribution >= 4 is 21.5 Å². The molecule has 0 fully saturated rings. The monoisotopic (exact) mass is 394 g/mol. The third-order valence-electron chi connectivity index (χ3n) is 5.01. The molecule has 0 spiro atoms. The minimum absolute atomic E-state index is 0.114. The van der Waals surface area contributed by atoms with Crippen LogP contribution in [0.25, 0.3) is 0 Å². The summed E-state index contributed by atoms with van der Waals surface area (Å²) in [6, 6.07) is 22.9. The zero-order valence-electron chi connectivity index (χ0n) is 15.4. The normalized spacial score (nSPS) is 14.5. The Labute approximate surface area is 165 Å². The standard InChI is InChI=1S/C22H22N2O3S/c25-28(26,27)22-11-9-21(10-12-22)23-20-7-5-17(6-8-20)15-24-14-13-18-3-1-2-4-19(18)16-24/h1-12,23H,13-16H2,(H,25,26,27). The number of anilines is 2. The van der Waals surface area contributed by atoms with Crippen LogP contribution in [0, 0.1) is 0 Å². The molecule has 6 heteroatoms. The van der Waals surface area contributed by atoms with Crippen LogP contribution in [0.1, 0.15) is 16.7 Å². The SMILES string of the molecule is O=S(=O)(O)c1ccc(Nc2ccc(CN3CCc4ccccc4C3)cc2)cc1. The maximum absolute atomic E-state index is 11.1. The van der Waals surface area contributed by atoms with Gasteiger partial charge in [-0.3, -0.25) is 9.45 Å². The first-order chi connectivity index (χ1) is 13.5. The van der Waals surface area contributed by atoms with E-state index in [9.17, 15) is 8.42 Å². The summed E-state index contributed by atoms with van der Waals surface area (Å²) in [5.74, 6) is 0. The Morgan fingerprint density at radius 1 is 0.857 bits per heavy atom. The topological polar surface area (TPSA) is 69.6 Å². The fourth-order valence-corrected chi connectivity index (χ4v) is 4.00. The molecule has 28 heavy (non-hydrogen) atoms. The number of benzene rings is 3. The fourth-order valence-electron chi connectivity index (χ4n) is 3.52. The summed E-state index contributed by atoms with van der Waals surface area (Å²) in [6.45, 7) is 2.96. The minimum atomic E-state index is -4.16. The molecule has 5 nitrogen and oxygen atoms in total. The number of hydrogen-bond donors (Lipinski definition) is 2. The lowest BCUT2D eigenvalue weighted by atomic mass is 9.99. The van der Waals surface area contributed by atoms with E-state index in [4.69, 9.17) is 4.55 Å². The first-order valence-corrected chi connectivity index (χ1v) is 10.6. The summed E-state index contributed by atoms with van der Waals surface area (Å²) in [5, 5.41) is 3.24. The molecule has 0 radical (unpaired) electrons. The Bertz CT molecular complexity index is 1060. The van der Waals surface area contributed by atoms with E-state index in [0.717, 1.165) is 37.4 Å². The molecular formula is C22H22N2O3S. The van der Waals surface area contributed by atoms with Crippen molar-refractivity contribution in [2.45, 2.75) is 24.4 Å². The zero-order chi connectivity index (χ0) is 19.6. The Morgan fingerprint density at radius 3 is 2.11 bits per heavy atom. The first kappa shape index (κ1) is 18.7. The number of hydrogen-bond acceptors (Lipinski definition) is 4. The molecule has 0 unspecified atom stereocenters. The smallest absolute Gasteiger partial charge is 0.294 e. The number of fused-ring (bicyclic) bond motifs is 1. The van der Waals surface area contributed by atoms with Crippen LogP contribution in [-0.2, 0) is 29.6 Å². The van der Waals surface area contributed by atoms with Crippen LogP contribution in [0.2, 0.25) is 0 Å². The Balaban J connectivity index is 1.38. The van der Waals surface area contributed by atoms with Gasteiger partial charge in [0.25, 0.3) is 10.1 Å². The molecule has 2 N–H and O–H groups in total. The second-order valence-electron chi connectivity index (χ2n) is 7.05. The predicted octanol–water partition coefficient (Wildman–Crippen LogP) is 4.24. The van der Waals surface area contributed by atoms with E-state index < -0.39 is 10.1 Å². The highest BCUT2D eigenvalue weighted by molar-refractivity contribution is 7.85. The van der Waals surface area contributed by atoms with Crippen LogP contribution < -0.4 is 5.32 Å². The Hall–Kier alpha value is -2.67. The maximum Gasteiger partial charge on any atom is 0.294 e. The zero-order valence-corrected chi connectivity index (χ0v) is 16.2. The summed E-state index contributed by atoms with van der Waals surface area (Å²) < 4.78 is 31.2. The van der Waals surface area contributed by atoms with Crippen LogP contribution in [-0.4, -0.2) is 24.4 Å². The van der Waals surface area contributed by atoms with Gasteiger partial charge in [0.15, 0.2) is 0 Å². The van der Waals surface area contributed by atoms with E-state index >= 15 is 0 Å². The van der Waals surface area contributed by atoms with Gasteiger partial charge in [0, 0.05) is 31.0 Å². The molecule has 144 valence electrons. The molecule has 0 saturated carbocycles. The summed E-state index contributed by atoms with van der Waals surface area (Å²) >= 11 is 0. The van der Waals surface area contributed by atoms with Gasteiger partial charge >= 0.3 is 0 Å². The lowest BCUT2D eigenvalue weighted by Gasteiger charge is -2.28. The van der Waals surface area contributed by atoms with E-state index in [2.05, 4.69) is 46.6 Å². The van der Waals surface area contributed by atoms with E-state index in [0.29, 0.717) is 0 Å². The minimum Gasteiger partial charge on any atom is -0.356 e. The molecule has 1 aliphatic rings. The van der Waals surface area contributed by atoms with Crippen molar-refractivity contribution < 1.29 is 13.0 Å². The van der Waals surface area contributed by atoms with Gasteiger partial charge in [0.1, 0.15) is 0 Å². The van der Waals surface area contributed by atoms with Crippen molar-refractivity contribution in [3.63, 3.8) is 0 Å². The van der Waals surface area contributed by atoms with Crippen LogP contribution in [0.3, 0.4) is 0 Å². The Morgan fingerprint density at radius 2 is 1.46 bits per heavy atom. The summed E-state index contributed by atoms with van der Waals surface area (Å²) in [6.07, 6.45) is 1.09. The van der Waals surface area contributed by atoms with Gasteiger partial charge in [-0.15, -0.1) is 0 Å². The average Bonchev–Trinajstić information content (AvgIpc) is 2.69.